The van der Waals surface area contributed by atoms with E-state index >= 15 is 0 Å². The van der Waals surface area contributed by atoms with Crippen molar-refractivity contribution in [3.05, 3.63) is 42.0 Å². The van der Waals surface area contributed by atoms with Gasteiger partial charge in [-0.25, -0.2) is 4.57 Å². The molecule has 2 rings (SSSR count). The summed E-state index contributed by atoms with van der Waals surface area (Å²) in [6.07, 6.45) is 3.87. The second kappa shape index (κ2) is 8.01. The minimum atomic E-state index is -3.95. The molecule has 0 radical (unpaired) electrons. The Bertz CT molecular complexity index is 559. The highest BCUT2D eigenvalue weighted by atomic mass is 32.7. The van der Waals surface area contributed by atoms with Crippen LogP contribution in [0.2, 0.25) is 0 Å². The standard InChI is InChI=1S/C6H8NO3PS.C4H7N3O/c8-11(9,10)12-5-6-3-1-2-4-7-6;1-2-4-3-5-6-7(4)8/h1-4H,5H2,(H2,8,9,10);3,8H,2H2,1H3. The summed E-state index contributed by atoms with van der Waals surface area (Å²) in [5.41, 5.74) is 1.40. The average Bonchev–Trinajstić information content (AvgIpc) is 2.83. The molecule has 0 aliphatic carbocycles. The normalized spacial score (nSPS) is 10.8. The predicted molar refractivity (Wildman–Crippen MR) is 74.2 cm³/mol. The van der Waals surface area contributed by atoms with Gasteiger partial charge in [0.15, 0.2) is 0 Å². The molecule has 0 saturated carbocycles. The maximum atomic E-state index is 10.4. The molecule has 0 saturated heterocycles. The van der Waals surface area contributed by atoms with Crippen LogP contribution in [0.1, 0.15) is 18.3 Å². The Balaban J connectivity index is 0.000000217. The van der Waals surface area contributed by atoms with Crippen molar-refractivity contribution in [2.45, 2.75) is 19.1 Å². The lowest BCUT2D eigenvalue weighted by Gasteiger charge is -2.01. The van der Waals surface area contributed by atoms with Gasteiger partial charge in [-0.15, -0.1) is 5.10 Å². The Morgan fingerprint density at radius 1 is 1.40 bits per heavy atom. The fourth-order valence-corrected chi connectivity index (χ4v) is 2.49. The van der Waals surface area contributed by atoms with Crippen LogP contribution in [-0.4, -0.2) is 35.1 Å². The maximum absolute atomic E-state index is 10.4. The smallest absolute Gasteiger partial charge is 0.384 e. The zero-order valence-corrected chi connectivity index (χ0v) is 12.4. The Morgan fingerprint density at radius 3 is 2.55 bits per heavy atom. The fourth-order valence-electron chi connectivity index (χ4n) is 1.12. The van der Waals surface area contributed by atoms with Crippen LogP contribution in [0.5, 0.6) is 0 Å². The molecule has 0 bridgehead atoms. The summed E-state index contributed by atoms with van der Waals surface area (Å²) in [7, 11) is 0. The van der Waals surface area contributed by atoms with Crippen LogP contribution in [0.4, 0.5) is 0 Å². The number of nitrogens with zero attached hydrogens (tertiary/aromatic N) is 4. The zero-order chi connectivity index (χ0) is 15.0. The van der Waals surface area contributed by atoms with Crippen molar-refractivity contribution in [3.8, 4) is 0 Å². The number of hydrogen-bond acceptors (Lipinski definition) is 6. The van der Waals surface area contributed by atoms with E-state index in [1.807, 2.05) is 6.92 Å². The number of rotatable bonds is 4. The highest BCUT2D eigenvalue weighted by Crippen LogP contribution is 2.51. The van der Waals surface area contributed by atoms with Gasteiger partial charge in [0.05, 0.1) is 17.6 Å². The van der Waals surface area contributed by atoms with Crippen LogP contribution < -0.4 is 0 Å². The molecule has 2 aromatic heterocycles. The van der Waals surface area contributed by atoms with Gasteiger partial charge in [0.25, 0.3) is 0 Å². The van der Waals surface area contributed by atoms with Crippen molar-refractivity contribution in [1.82, 2.24) is 20.1 Å². The van der Waals surface area contributed by atoms with Crippen LogP contribution in [-0.2, 0) is 16.7 Å². The molecule has 0 spiro atoms. The monoisotopic (exact) mass is 318 g/mol. The highest BCUT2D eigenvalue weighted by molar-refractivity contribution is 8.54. The first-order valence-corrected chi connectivity index (χ1v) is 8.81. The third kappa shape index (κ3) is 6.67. The molecule has 0 atom stereocenters. The molecule has 0 unspecified atom stereocenters. The molecular weight excluding hydrogens is 303 g/mol. The molecule has 10 heteroatoms. The number of pyridine rings is 1. The quantitative estimate of drug-likeness (QED) is 0.572. The van der Waals surface area contributed by atoms with Gasteiger partial charge in [-0.3, -0.25) is 4.98 Å². The van der Waals surface area contributed by atoms with E-state index in [9.17, 15) is 4.57 Å². The van der Waals surface area contributed by atoms with Gasteiger partial charge >= 0.3 is 6.80 Å². The van der Waals surface area contributed by atoms with E-state index in [1.54, 1.807) is 24.4 Å². The van der Waals surface area contributed by atoms with Gasteiger partial charge < -0.3 is 15.0 Å². The van der Waals surface area contributed by atoms with Crippen molar-refractivity contribution in [2.24, 2.45) is 0 Å². The lowest BCUT2D eigenvalue weighted by molar-refractivity contribution is 0.135. The number of aryl methyl sites for hydroxylation is 1. The first-order chi connectivity index (χ1) is 9.42. The molecule has 2 heterocycles. The summed E-state index contributed by atoms with van der Waals surface area (Å²) >= 11 is 0.591. The van der Waals surface area contributed by atoms with Crippen molar-refractivity contribution < 1.29 is 19.6 Å². The lowest BCUT2D eigenvalue weighted by Crippen LogP contribution is -1.97. The summed E-state index contributed by atoms with van der Waals surface area (Å²) in [6.45, 7) is -2.03. The number of hydrogen-bond donors (Lipinski definition) is 3. The first kappa shape index (κ1) is 16.6. The fraction of sp³-hybridized carbons (Fsp3) is 0.300. The summed E-state index contributed by atoms with van der Waals surface area (Å²) in [5, 5.41) is 15.5. The Kier molecular flexibility index (Phi) is 6.66. The Morgan fingerprint density at radius 2 is 2.15 bits per heavy atom. The van der Waals surface area contributed by atoms with Gasteiger partial charge in [-0.1, -0.05) is 17.8 Å². The van der Waals surface area contributed by atoms with Crippen LogP contribution in [0.15, 0.2) is 30.6 Å². The largest absolute Gasteiger partial charge is 0.410 e. The van der Waals surface area contributed by atoms with E-state index < -0.39 is 6.80 Å². The average molecular weight is 318 g/mol. The van der Waals surface area contributed by atoms with Gasteiger partial charge in [0.1, 0.15) is 0 Å². The first-order valence-electron chi connectivity index (χ1n) is 5.61. The van der Waals surface area contributed by atoms with Crippen molar-refractivity contribution in [1.29, 1.82) is 0 Å². The van der Waals surface area contributed by atoms with Gasteiger partial charge in [0.2, 0.25) is 0 Å². The second-order valence-corrected chi connectivity index (χ2v) is 7.28. The summed E-state index contributed by atoms with van der Waals surface area (Å²) < 4.78 is 10.4. The van der Waals surface area contributed by atoms with Crippen LogP contribution in [0.3, 0.4) is 0 Å². The number of aromatic nitrogens is 4. The minimum Gasteiger partial charge on any atom is -0.410 e. The molecule has 3 N–H and O–H groups in total. The molecule has 20 heavy (non-hydrogen) atoms. The molecule has 110 valence electrons. The van der Waals surface area contributed by atoms with Gasteiger partial charge in [0, 0.05) is 11.9 Å². The molecule has 0 aromatic carbocycles. The van der Waals surface area contributed by atoms with Crippen LogP contribution in [0, 0.1) is 0 Å². The highest BCUT2D eigenvalue weighted by Gasteiger charge is 2.13. The maximum Gasteiger partial charge on any atom is 0.384 e. The van der Waals surface area contributed by atoms with Crippen molar-refractivity contribution in [2.75, 3.05) is 0 Å². The molecule has 2 aromatic rings. The van der Waals surface area contributed by atoms with E-state index in [-0.39, 0.29) is 5.75 Å². The molecular formula is C10H15N4O4PS. The minimum absolute atomic E-state index is 0.241. The van der Waals surface area contributed by atoms with E-state index in [4.69, 9.17) is 15.0 Å². The van der Waals surface area contributed by atoms with E-state index in [0.29, 0.717) is 17.1 Å². The predicted octanol–water partition coefficient (Wildman–Crippen LogP) is 1.49. The van der Waals surface area contributed by atoms with Crippen molar-refractivity contribution >= 4 is 18.2 Å². The van der Waals surface area contributed by atoms with Crippen LogP contribution >= 0.6 is 18.2 Å². The molecule has 0 aliphatic heterocycles. The van der Waals surface area contributed by atoms with Crippen molar-refractivity contribution in [3.63, 3.8) is 0 Å². The van der Waals surface area contributed by atoms with E-state index in [2.05, 4.69) is 15.3 Å². The van der Waals surface area contributed by atoms with E-state index in [0.717, 1.165) is 17.0 Å². The third-order valence-electron chi connectivity index (χ3n) is 2.07. The molecule has 0 amide bonds. The summed E-state index contributed by atoms with van der Waals surface area (Å²) in [6, 6.07) is 5.26. The molecule has 0 fully saturated rings. The topological polar surface area (TPSA) is 121 Å². The SMILES string of the molecule is CCc1cnnn1O.O=P(O)(O)SCc1ccccn1. The third-order valence-corrected chi connectivity index (χ3v) is 4.23. The molecule has 0 aliphatic rings. The zero-order valence-electron chi connectivity index (χ0n) is 10.7. The van der Waals surface area contributed by atoms with Gasteiger partial charge in [-0.05, 0) is 35.1 Å². The molecule has 8 nitrogen and oxygen atoms in total. The van der Waals surface area contributed by atoms with Crippen LogP contribution in [0.25, 0.3) is 0 Å². The summed E-state index contributed by atoms with van der Waals surface area (Å²) in [5.74, 6) is 0.241. The summed E-state index contributed by atoms with van der Waals surface area (Å²) in [4.78, 5) is 21.7. The van der Waals surface area contributed by atoms with Gasteiger partial charge in [-0.2, -0.15) is 0 Å². The Labute approximate surface area is 119 Å². The Hall–Kier alpha value is -1.41. The second-order valence-electron chi connectivity index (χ2n) is 3.55. The van der Waals surface area contributed by atoms with E-state index in [1.165, 1.54) is 6.20 Å². The lowest BCUT2D eigenvalue weighted by atomic mass is 10.4.